The first-order chi connectivity index (χ1) is 13.9. The van der Waals surface area contributed by atoms with E-state index in [4.69, 9.17) is 0 Å². The molecular formula is C20H32F3N5S. The number of piperidine rings is 1. The van der Waals surface area contributed by atoms with Crippen LogP contribution in [-0.2, 0) is 6.54 Å². The number of hydrogen-bond donors (Lipinski definition) is 1. The number of aliphatic imine (C=N–C) groups is 1. The van der Waals surface area contributed by atoms with Gasteiger partial charge in [-0.05, 0) is 43.7 Å². The van der Waals surface area contributed by atoms with Crippen molar-refractivity contribution >= 4 is 17.3 Å². The molecule has 164 valence electrons. The van der Waals surface area contributed by atoms with E-state index in [1.54, 1.807) is 18.4 Å². The summed E-state index contributed by atoms with van der Waals surface area (Å²) in [5.74, 6) is 1.37. The lowest BCUT2D eigenvalue weighted by atomic mass is 9.98. The molecule has 2 saturated heterocycles. The van der Waals surface area contributed by atoms with Gasteiger partial charge in [0.05, 0.1) is 0 Å². The predicted octanol–water partition coefficient (Wildman–Crippen LogP) is 3.10. The number of nitrogens with one attached hydrogen (secondary N) is 1. The monoisotopic (exact) mass is 431 g/mol. The minimum atomic E-state index is -4.17. The average Bonchev–Trinajstić information content (AvgIpc) is 3.21. The topological polar surface area (TPSA) is 34.1 Å². The third kappa shape index (κ3) is 6.33. The fourth-order valence-corrected chi connectivity index (χ4v) is 4.93. The molecule has 3 rings (SSSR count). The van der Waals surface area contributed by atoms with Crippen molar-refractivity contribution in [2.45, 2.75) is 38.5 Å². The molecule has 0 amide bonds. The van der Waals surface area contributed by atoms with Gasteiger partial charge in [-0.15, -0.1) is 11.3 Å². The Morgan fingerprint density at radius 2 is 2.03 bits per heavy atom. The van der Waals surface area contributed by atoms with Crippen molar-refractivity contribution < 1.29 is 13.2 Å². The lowest BCUT2D eigenvalue weighted by Crippen LogP contribution is -2.57. The lowest BCUT2D eigenvalue weighted by molar-refractivity contribution is -0.181. The molecule has 1 N–H and O–H groups in total. The molecule has 0 aliphatic carbocycles. The molecular weight excluding hydrogens is 399 g/mol. The SMILES string of the molecule is CN=C(NCC1CCCN(Cc2cccs2)C1)N1CCN(C(C)C(F)(F)F)CC1. The summed E-state index contributed by atoms with van der Waals surface area (Å²) in [6.45, 7) is 7.26. The first kappa shape index (κ1) is 22.4. The Morgan fingerprint density at radius 3 is 2.66 bits per heavy atom. The molecule has 0 bridgehead atoms. The fourth-order valence-electron chi connectivity index (χ4n) is 4.18. The van der Waals surface area contributed by atoms with E-state index in [2.05, 4.69) is 37.6 Å². The predicted molar refractivity (Wildman–Crippen MR) is 112 cm³/mol. The van der Waals surface area contributed by atoms with E-state index in [0.29, 0.717) is 32.1 Å². The van der Waals surface area contributed by atoms with Crippen LogP contribution in [0.5, 0.6) is 0 Å². The second-order valence-corrected chi connectivity index (χ2v) is 9.02. The van der Waals surface area contributed by atoms with Crippen LogP contribution >= 0.6 is 11.3 Å². The van der Waals surface area contributed by atoms with Gasteiger partial charge in [-0.3, -0.25) is 14.8 Å². The summed E-state index contributed by atoms with van der Waals surface area (Å²) in [7, 11) is 1.75. The minimum Gasteiger partial charge on any atom is -0.356 e. The second-order valence-electron chi connectivity index (χ2n) is 7.99. The molecule has 2 unspecified atom stereocenters. The van der Waals surface area contributed by atoms with Crippen LogP contribution in [0, 0.1) is 5.92 Å². The highest BCUT2D eigenvalue weighted by molar-refractivity contribution is 7.09. The Balaban J connectivity index is 1.43. The van der Waals surface area contributed by atoms with E-state index in [1.807, 2.05) is 0 Å². The molecule has 3 heterocycles. The molecule has 0 radical (unpaired) electrons. The summed E-state index contributed by atoms with van der Waals surface area (Å²) in [5.41, 5.74) is 0. The van der Waals surface area contributed by atoms with Crippen LogP contribution in [0.3, 0.4) is 0 Å². The van der Waals surface area contributed by atoms with Gasteiger partial charge in [0.1, 0.15) is 6.04 Å². The number of rotatable bonds is 5. The van der Waals surface area contributed by atoms with Crippen molar-refractivity contribution in [1.82, 2.24) is 20.0 Å². The zero-order valence-electron chi connectivity index (χ0n) is 17.3. The second kappa shape index (κ2) is 10.1. The van der Waals surface area contributed by atoms with Crippen molar-refractivity contribution in [1.29, 1.82) is 0 Å². The van der Waals surface area contributed by atoms with E-state index < -0.39 is 12.2 Å². The molecule has 2 aliphatic heterocycles. The Morgan fingerprint density at radius 1 is 1.28 bits per heavy atom. The van der Waals surface area contributed by atoms with Gasteiger partial charge in [-0.25, -0.2) is 0 Å². The first-order valence-corrected chi connectivity index (χ1v) is 11.3. The van der Waals surface area contributed by atoms with Gasteiger partial charge in [0.15, 0.2) is 5.96 Å². The van der Waals surface area contributed by atoms with Gasteiger partial charge in [0.2, 0.25) is 0 Å². The Bertz CT molecular complexity index is 641. The summed E-state index contributed by atoms with van der Waals surface area (Å²) < 4.78 is 38.8. The molecule has 2 aliphatic rings. The smallest absolute Gasteiger partial charge is 0.356 e. The van der Waals surface area contributed by atoms with Gasteiger partial charge in [-0.2, -0.15) is 13.2 Å². The molecule has 2 atom stereocenters. The third-order valence-electron chi connectivity index (χ3n) is 5.96. The van der Waals surface area contributed by atoms with E-state index >= 15 is 0 Å². The molecule has 0 spiro atoms. The Kier molecular flexibility index (Phi) is 7.81. The Labute approximate surface area is 175 Å². The molecule has 1 aromatic heterocycles. The van der Waals surface area contributed by atoms with Crippen LogP contribution in [0.1, 0.15) is 24.6 Å². The van der Waals surface area contributed by atoms with E-state index in [0.717, 1.165) is 32.1 Å². The van der Waals surface area contributed by atoms with E-state index in [-0.39, 0.29) is 0 Å². The third-order valence-corrected chi connectivity index (χ3v) is 6.82. The summed E-state index contributed by atoms with van der Waals surface area (Å²) in [4.78, 5) is 11.9. The molecule has 9 heteroatoms. The number of piperazine rings is 1. The maximum absolute atomic E-state index is 12.9. The van der Waals surface area contributed by atoms with Crippen LogP contribution in [-0.4, -0.2) is 85.7 Å². The summed E-state index contributed by atoms with van der Waals surface area (Å²) in [5, 5.41) is 5.60. The maximum Gasteiger partial charge on any atom is 0.403 e. The van der Waals surface area contributed by atoms with Crippen molar-refractivity contribution in [2.24, 2.45) is 10.9 Å². The van der Waals surface area contributed by atoms with Crippen molar-refractivity contribution in [3.05, 3.63) is 22.4 Å². The van der Waals surface area contributed by atoms with Crippen molar-refractivity contribution in [3.8, 4) is 0 Å². The van der Waals surface area contributed by atoms with Gasteiger partial charge in [0, 0.05) is 57.7 Å². The zero-order valence-corrected chi connectivity index (χ0v) is 18.1. The molecule has 5 nitrogen and oxygen atoms in total. The van der Waals surface area contributed by atoms with Crippen LogP contribution in [0.25, 0.3) is 0 Å². The number of nitrogens with zero attached hydrogens (tertiary/aromatic N) is 4. The maximum atomic E-state index is 12.9. The highest BCUT2D eigenvalue weighted by Gasteiger charge is 2.41. The van der Waals surface area contributed by atoms with E-state index in [9.17, 15) is 13.2 Å². The average molecular weight is 432 g/mol. The first-order valence-electron chi connectivity index (χ1n) is 10.4. The normalized spacial score (nSPS) is 24.0. The van der Waals surface area contributed by atoms with Gasteiger partial charge < -0.3 is 10.2 Å². The number of thiophene rings is 1. The molecule has 2 fully saturated rings. The molecule has 1 aromatic rings. The van der Waals surface area contributed by atoms with Gasteiger partial charge >= 0.3 is 6.18 Å². The van der Waals surface area contributed by atoms with Crippen LogP contribution in [0.4, 0.5) is 13.2 Å². The number of guanidine groups is 1. The Hall–Kier alpha value is -1.32. The number of alkyl halides is 3. The number of likely N-dealkylation sites (tertiary alicyclic amines) is 1. The molecule has 0 saturated carbocycles. The quantitative estimate of drug-likeness (QED) is 0.574. The van der Waals surface area contributed by atoms with Crippen LogP contribution in [0.15, 0.2) is 22.5 Å². The fraction of sp³-hybridized carbons (Fsp3) is 0.750. The number of hydrogen-bond acceptors (Lipinski definition) is 4. The van der Waals surface area contributed by atoms with Crippen LogP contribution < -0.4 is 5.32 Å². The highest BCUT2D eigenvalue weighted by atomic mass is 32.1. The van der Waals surface area contributed by atoms with Crippen molar-refractivity contribution in [3.63, 3.8) is 0 Å². The van der Waals surface area contributed by atoms with E-state index in [1.165, 1.54) is 29.5 Å². The summed E-state index contributed by atoms with van der Waals surface area (Å²) in [6.07, 6.45) is -1.77. The van der Waals surface area contributed by atoms with Crippen LogP contribution in [0.2, 0.25) is 0 Å². The lowest BCUT2D eigenvalue weighted by Gasteiger charge is -2.40. The standard InChI is InChI=1S/C20H32F3N5S/c1-16(20(21,22)23)27-8-10-28(11-9-27)19(24-2)25-13-17-5-3-7-26(14-17)15-18-6-4-12-29-18/h4,6,12,16-17H,3,5,7-11,13-15H2,1-2H3,(H,24,25). The molecule has 29 heavy (non-hydrogen) atoms. The minimum absolute atomic E-state index is 0.402. The van der Waals surface area contributed by atoms with Crippen molar-refractivity contribution in [2.75, 3.05) is 52.9 Å². The number of halogens is 3. The summed E-state index contributed by atoms with van der Waals surface area (Å²) in [6, 6.07) is 2.90. The van der Waals surface area contributed by atoms with Gasteiger partial charge in [0.25, 0.3) is 0 Å². The van der Waals surface area contributed by atoms with Gasteiger partial charge in [-0.1, -0.05) is 6.07 Å². The highest BCUT2D eigenvalue weighted by Crippen LogP contribution is 2.25. The molecule has 0 aromatic carbocycles. The largest absolute Gasteiger partial charge is 0.403 e. The zero-order chi connectivity index (χ0) is 20.9. The summed E-state index contributed by atoms with van der Waals surface area (Å²) >= 11 is 1.80.